The topological polar surface area (TPSA) is 92.7 Å². The summed E-state index contributed by atoms with van der Waals surface area (Å²) in [5.74, 6) is -0.563. The van der Waals surface area contributed by atoms with Gasteiger partial charge in [0.05, 0.1) is 10.6 Å². The van der Waals surface area contributed by atoms with Gasteiger partial charge in [-0.25, -0.2) is 9.37 Å². The second kappa shape index (κ2) is 9.47. The molecule has 0 atom stereocenters. The van der Waals surface area contributed by atoms with Crippen LogP contribution in [0.4, 0.5) is 10.2 Å². The first-order valence-corrected chi connectivity index (χ1v) is 11.7. The maximum atomic E-state index is 13.6. The molecule has 3 heterocycles. The smallest absolute Gasteiger partial charge is 0.256 e. The number of amides is 1. The second-order valence-corrected chi connectivity index (χ2v) is 8.83. The van der Waals surface area contributed by atoms with Crippen LogP contribution < -0.4 is 10.9 Å². The van der Waals surface area contributed by atoms with Crippen molar-refractivity contribution >= 4 is 23.1 Å². The number of anilines is 1. The van der Waals surface area contributed by atoms with Gasteiger partial charge < -0.3 is 5.32 Å². The monoisotopic (exact) mass is 485 g/mol. The van der Waals surface area contributed by atoms with Crippen LogP contribution in [0.25, 0.3) is 16.5 Å². The third-order valence-electron chi connectivity index (χ3n) is 5.45. The van der Waals surface area contributed by atoms with Gasteiger partial charge in [0.1, 0.15) is 17.3 Å². The van der Waals surface area contributed by atoms with Gasteiger partial charge in [-0.15, -0.1) is 11.3 Å². The zero-order valence-electron chi connectivity index (χ0n) is 18.7. The number of aromatic nitrogens is 4. The molecule has 5 aromatic rings. The third-order valence-corrected chi connectivity index (χ3v) is 6.34. The summed E-state index contributed by atoms with van der Waals surface area (Å²) >= 11 is 1.49. The molecule has 0 bridgehead atoms. The summed E-state index contributed by atoms with van der Waals surface area (Å²) in [6.07, 6.45) is 0.442. The number of aromatic amines is 1. The Morgan fingerprint density at radius 2 is 1.91 bits per heavy atom. The van der Waals surface area contributed by atoms with E-state index >= 15 is 0 Å². The van der Waals surface area contributed by atoms with Crippen LogP contribution in [-0.2, 0) is 6.42 Å². The van der Waals surface area contributed by atoms with Gasteiger partial charge in [-0.2, -0.15) is 9.78 Å². The molecule has 0 saturated heterocycles. The van der Waals surface area contributed by atoms with E-state index in [2.05, 4.69) is 20.4 Å². The number of carbonyl (C=O) groups is 1. The molecule has 174 valence electrons. The average molecular weight is 486 g/mol. The normalized spacial score (nSPS) is 10.9. The lowest BCUT2D eigenvalue weighted by Gasteiger charge is -2.11. The molecular weight excluding hydrogens is 465 g/mol. The summed E-state index contributed by atoms with van der Waals surface area (Å²) in [6.45, 7) is 1.77. The van der Waals surface area contributed by atoms with Crippen LogP contribution in [0.5, 0.6) is 0 Å². The van der Waals surface area contributed by atoms with Crippen molar-refractivity contribution < 1.29 is 9.18 Å². The Morgan fingerprint density at radius 1 is 1.09 bits per heavy atom. The van der Waals surface area contributed by atoms with Crippen LogP contribution in [0.15, 0.2) is 83.0 Å². The van der Waals surface area contributed by atoms with Crippen molar-refractivity contribution in [2.75, 3.05) is 5.32 Å². The fraction of sp³-hybridized carbons (Fsp3) is 0.0769. The number of hydrogen-bond acceptors (Lipinski definition) is 5. The van der Waals surface area contributed by atoms with E-state index in [4.69, 9.17) is 0 Å². The predicted molar refractivity (Wildman–Crippen MR) is 134 cm³/mol. The molecule has 0 spiro atoms. The summed E-state index contributed by atoms with van der Waals surface area (Å²) in [5, 5.41) is 9.27. The maximum absolute atomic E-state index is 13.6. The predicted octanol–water partition coefficient (Wildman–Crippen LogP) is 4.97. The van der Waals surface area contributed by atoms with E-state index in [0.29, 0.717) is 29.2 Å². The van der Waals surface area contributed by atoms with Gasteiger partial charge in [-0.1, -0.05) is 42.5 Å². The minimum Gasteiger partial charge on any atom is -0.306 e. The Morgan fingerprint density at radius 3 is 2.63 bits per heavy atom. The van der Waals surface area contributed by atoms with Gasteiger partial charge in [-0.3, -0.25) is 14.6 Å². The number of carbonyl (C=O) groups excluding carboxylic acids is 1. The lowest BCUT2D eigenvalue weighted by atomic mass is 10.1. The van der Waals surface area contributed by atoms with Crippen LogP contribution in [0.2, 0.25) is 0 Å². The fourth-order valence-corrected chi connectivity index (χ4v) is 4.38. The van der Waals surface area contributed by atoms with Crippen LogP contribution >= 0.6 is 11.3 Å². The minimum atomic E-state index is -0.513. The van der Waals surface area contributed by atoms with Crippen molar-refractivity contribution in [2.45, 2.75) is 13.3 Å². The molecule has 35 heavy (non-hydrogen) atoms. The number of nitrogens with zero attached hydrogens (tertiary/aromatic N) is 3. The van der Waals surface area contributed by atoms with Gasteiger partial charge in [-0.05, 0) is 42.1 Å². The molecule has 0 aliphatic heterocycles. The summed E-state index contributed by atoms with van der Waals surface area (Å²) < 4.78 is 15.0. The zero-order valence-corrected chi connectivity index (χ0v) is 19.5. The van der Waals surface area contributed by atoms with Gasteiger partial charge >= 0.3 is 0 Å². The van der Waals surface area contributed by atoms with Crippen molar-refractivity contribution in [3.05, 3.63) is 117 Å². The quantitative estimate of drug-likeness (QED) is 0.355. The van der Waals surface area contributed by atoms with E-state index in [1.54, 1.807) is 13.0 Å². The largest absolute Gasteiger partial charge is 0.306 e. The summed E-state index contributed by atoms with van der Waals surface area (Å²) in [5.41, 5.74) is 2.58. The second-order valence-electron chi connectivity index (χ2n) is 7.88. The Hall–Kier alpha value is -4.37. The fourth-order valence-electron chi connectivity index (χ4n) is 3.70. The van der Waals surface area contributed by atoms with Crippen LogP contribution in [0.3, 0.4) is 0 Å². The Balaban J connectivity index is 1.54. The van der Waals surface area contributed by atoms with Crippen molar-refractivity contribution in [1.29, 1.82) is 0 Å². The van der Waals surface area contributed by atoms with Crippen molar-refractivity contribution in [3.8, 4) is 16.5 Å². The molecule has 0 fully saturated rings. The van der Waals surface area contributed by atoms with Crippen LogP contribution in [-0.4, -0.2) is 25.7 Å². The molecule has 3 aromatic heterocycles. The summed E-state index contributed by atoms with van der Waals surface area (Å²) in [4.78, 5) is 34.1. The number of aryl methyl sites for hydroxylation is 1. The number of rotatable bonds is 6. The van der Waals surface area contributed by atoms with Crippen molar-refractivity contribution in [1.82, 2.24) is 19.7 Å². The lowest BCUT2D eigenvalue weighted by Crippen LogP contribution is -2.22. The number of nitrogens with one attached hydrogen (secondary N) is 2. The number of hydrogen-bond donors (Lipinski definition) is 2. The van der Waals surface area contributed by atoms with E-state index < -0.39 is 11.7 Å². The Bertz CT molecular complexity index is 1560. The first-order valence-electron chi connectivity index (χ1n) is 10.8. The van der Waals surface area contributed by atoms with Crippen LogP contribution in [0.1, 0.15) is 27.2 Å². The molecule has 0 saturated carbocycles. The molecule has 7 nitrogen and oxygen atoms in total. The van der Waals surface area contributed by atoms with Gasteiger partial charge in [0.2, 0.25) is 5.95 Å². The zero-order chi connectivity index (χ0) is 24.4. The molecule has 0 aliphatic rings. The first-order chi connectivity index (χ1) is 17.0. The Kier molecular flexibility index (Phi) is 6.07. The summed E-state index contributed by atoms with van der Waals surface area (Å²) in [6, 6.07) is 20.6. The maximum Gasteiger partial charge on any atom is 0.256 e. The number of thiophene rings is 1. The SMILES string of the molecule is Cc1nc(-n2nc(-c3cccs3)cc2NC(=O)c2cccc(F)c2)[nH]c(=O)c1Cc1ccccc1. The molecule has 2 aromatic carbocycles. The molecule has 5 rings (SSSR count). The standard InChI is InChI=1S/C26H20FN5O2S/c1-16-20(13-17-7-3-2-4-8-17)25(34)30-26(28-16)32-23(15-21(31-32)22-11-6-12-35-22)29-24(33)18-9-5-10-19(27)14-18/h2-12,14-15H,13H2,1H3,(H,29,33)(H,28,30,34). The van der Waals surface area contributed by atoms with Gasteiger partial charge in [0.25, 0.3) is 11.5 Å². The van der Waals surface area contributed by atoms with Crippen molar-refractivity contribution in [3.63, 3.8) is 0 Å². The summed E-state index contributed by atoms with van der Waals surface area (Å²) in [7, 11) is 0. The highest BCUT2D eigenvalue weighted by atomic mass is 32.1. The molecular formula is C26H20FN5O2S. The van der Waals surface area contributed by atoms with Gasteiger partial charge in [0.15, 0.2) is 0 Å². The number of H-pyrrole nitrogens is 1. The highest BCUT2D eigenvalue weighted by Crippen LogP contribution is 2.27. The molecule has 1 amide bonds. The molecule has 0 radical (unpaired) electrons. The first kappa shape index (κ1) is 22.4. The van der Waals surface area contributed by atoms with Crippen LogP contribution in [0, 0.1) is 12.7 Å². The number of halogens is 1. The highest BCUT2D eigenvalue weighted by Gasteiger charge is 2.18. The number of benzene rings is 2. The van der Waals surface area contributed by atoms with E-state index in [1.165, 1.54) is 34.2 Å². The third kappa shape index (κ3) is 4.80. The van der Waals surface area contributed by atoms with E-state index in [9.17, 15) is 14.0 Å². The van der Waals surface area contributed by atoms with E-state index in [1.807, 2.05) is 47.8 Å². The molecule has 0 unspecified atom stereocenters. The van der Waals surface area contributed by atoms with Crippen molar-refractivity contribution in [2.24, 2.45) is 0 Å². The highest BCUT2D eigenvalue weighted by molar-refractivity contribution is 7.13. The van der Waals surface area contributed by atoms with E-state index in [-0.39, 0.29) is 17.1 Å². The molecule has 0 aliphatic carbocycles. The minimum absolute atomic E-state index is 0.159. The average Bonchev–Trinajstić information content (AvgIpc) is 3.52. The van der Waals surface area contributed by atoms with E-state index in [0.717, 1.165) is 16.5 Å². The Labute approximate surface area is 203 Å². The molecule has 2 N–H and O–H groups in total. The molecule has 9 heteroatoms. The lowest BCUT2D eigenvalue weighted by molar-refractivity contribution is 0.102. The van der Waals surface area contributed by atoms with Gasteiger partial charge in [0, 0.05) is 23.6 Å².